The second-order valence-corrected chi connectivity index (χ2v) is 15.4. The highest BCUT2D eigenvalue weighted by molar-refractivity contribution is 5.79. The molecule has 0 aliphatic rings. The zero-order valence-corrected chi connectivity index (χ0v) is 34.4. The third-order valence-corrected chi connectivity index (χ3v) is 10.5. The highest BCUT2D eigenvalue weighted by Gasteiger charge is 2.08. The first-order chi connectivity index (χ1) is 25.8. The fourth-order valence-corrected chi connectivity index (χ4v) is 7.07. The second kappa shape index (κ2) is 35.7. The molecule has 4 heteroatoms. The number of rotatable bonds is 38. The van der Waals surface area contributed by atoms with Crippen molar-refractivity contribution in [2.75, 3.05) is 13.2 Å². The zero-order chi connectivity index (χ0) is 36.8. The van der Waals surface area contributed by atoms with Crippen LogP contribution in [0.15, 0.2) is 47.6 Å². The van der Waals surface area contributed by atoms with Crippen LogP contribution in [-0.2, 0) is 0 Å². The van der Waals surface area contributed by atoms with Gasteiger partial charge in [-0.15, -0.1) is 0 Å². The van der Waals surface area contributed by atoms with Crippen LogP contribution in [0.1, 0.15) is 225 Å². The minimum Gasteiger partial charge on any atom is -0.490 e. The first-order valence-electron chi connectivity index (χ1n) is 22.7. The van der Waals surface area contributed by atoms with Gasteiger partial charge < -0.3 is 9.47 Å². The van der Waals surface area contributed by atoms with Gasteiger partial charge in [0.05, 0.1) is 30.8 Å². The Bertz CT molecular complexity index is 1060. The van der Waals surface area contributed by atoms with Gasteiger partial charge in [0.25, 0.3) is 0 Å². The highest BCUT2D eigenvalue weighted by Crippen LogP contribution is 2.32. The molecule has 296 valence electrons. The van der Waals surface area contributed by atoms with Crippen molar-refractivity contribution in [2.45, 2.75) is 219 Å². The van der Waals surface area contributed by atoms with E-state index in [9.17, 15) is 0 Å². The van der Waals surface area contributed by atoms with Crippen molar-refractivity contribution in [1.82, 2.24) is 4.98 Å². The maximum Gasteiger partial charge on any atom is 0.163 e. The summed E-state index contributed by atoms with van der Waals surface area (Å²) in [5.41, 5.74) is 1.71. The van der Waals surface area contributed by atoms with E-state index in [1.165, 1.54) is 193 Å². The second-order valence-electron chi connectivity index (χ2n) is 15.4. The summed E-state index contributed by atoms with van der Waals surface area (Å²) >= 11 is 0. The van der Waals surface area contributed by atoms with E-state index in [1.807, 2.05) is 42.6 Å². The van der Waals surface area contributed by atoms with Gasteiger partial charge in [0.2, 0.25) is 0 Å². The fraction of sp³-hybridized carbons (Fsp3) is 0.750. The zero-order valence-electron chi connectivity index (χ0n) is 34.4. The van der Waals surface area contributed by atoms with E-state index >= 15 is 0 Å². The topological polar surface area (TPSA) is 43.7 Å². The summed E-state index contributed by atoms with van der Waals surface area (Å²) in [6.07, 6.45) is 47.7. The summed E-state index contributed by atoms with van der Waals surface area (Å²) in [6, 6.07) is 11.9. The Morgan fingerprint density at radius 3 is 1.21 bits per heavy atom. The van der Waals surface area contributed by atoms with Gasteiger partial charge in [0.15, 0.2) is 11.5 Å². The van der Waals surface area contributed by atoms with Crippen molar-refractivity contribution in [3.05, 3.63) is 48.3 Å². The quantitative estimate of drug-likeness (QED) is 0.0513. The predicted molar refractivity (Wildman–Crippen MR) is 228 cm³/mol. The molecule has 2 aromatic rings. The molecule has 0 N–H and O–H groups in total. The number of aliphatic imine (C=N–C) groups is 1. The lowest BCUT2D eigenvalue weighted by Gasteiger charge is -2.14. The molecule has 0 saturated heterocycles. The average Bonchev–Trinajstić information content (AvgIpc) is 3.17. The van der Waals surface area contributed by atoms with Crippen molar-refractivity contribution in [3.8, 4) is 11.5 Å². The summed E-state index contributed by atoms with van der Waals surface area (Å²) < 4.78 is 12.6. The summed E-state index contributed by atoms with van der Waals surface area (Å²) in [6.45, 7) is 6.06. The number of aromatic nitrogens is 1. The third-order valence-electron chi connectivity index (χ3n) is 10.5. The van der Waals surface area contributed by atoms with Crippen LogP contribution in [0.25, 0.3) is 0 Å². The van der Waals surface area contributed by atoms with E-state index in [4.69, 9.17) is 9.47 Å². The predicted octanol–water partition coefficient (Wildman–Crippen LogP) is 16.1. The molecule has 0 bridgehead atoms. The third kappa shape index (κ3) is 27.3. The number of benzene rings is 1. The normalized spacial score (nSPS) is 11.5. The van der Waals surface area contributed by atoms with Gasteiger partial charge in [0, 0.05) is 12.3 Å². The molecule has 0 amide bonds. The van der Waals surface area contributed by atoms with Gasteiger partial charge in [-0.2, -0.15) is 0 Å². The van der Waals surface area contributed by atoms with Crippen molar-refractivity contribution in [1.29, 1.82) is 0 Å². The number of pyridine rings is 1. The molecule has 0 fully saturated rings. The number of ether oxygens (including phenoxy) is 2. The molecule has 0 saturated carbocycles. The van der Waals surface area contributed by atoms with E-state index in [-0.39, 0.29) is 0 Å². The molecule has 0 radical (unpaired) electrons. The monoisotopic (exact) mass is 719 g/mol. The van der Waals surface area contributed by atoms with Crippen LogP contribution in [0.5, 0.6) is 11.5 Å². The van der Waals surface area contributed by atoms with E-state index in [1.54, 1.807) is 6.20 Å². The van der Waals surface area contributed by atoms with Crippen molar-refractivity contribution < 1.29 is 9.47 Å². The molecule has 1 aromatic heterocycles. The van der Waals surface area contributed by atoms with Crippen molar-refractivity contribution >= 4 is 11.9 Å². The van der Waals surface area contributed by atoms with Crippen LogP contribution in [0, 0.1) is 0 Å². The van der Waals surface area contributed by atoms with Gasteiger partial charge in [-0.1, -0.05) is 213 Å². The highest BCUT2D eigenvalue weighted by atomic mass is 16.5. The summed E-state index contributed by atoms with van der Waals surface area (Å²) in [5, 5.41) is 0. The van der Waals surface area contributed by atoms with Gasteiger partial charge >= 0.3 is 0 Å². The molecule has 1 heterocycles. The molecular weight excluding hydrogens is 637 g/mol. The van der Waals surface area contributed by atoms with E-state index in [2.05, 4.69) is 23.8 Å². The molecular formula is C48H82N2O2. The SMILES string of the molecule is CCCCCCCCCCCCCCCCCCOc1ccc(N=Cc2ccccn2)cc1OCCCCCCCCCCCCCCCCCC. The number of unbranched alkanes of at least 4 members (excludes halogenated alkanes) is 30. The lowest BCUT2D eigenvalue weighted by Crippen LogP contribution is -2.02. The molecule has 0 spiro atoms. The Hall–Kier alpha value is -2.36. The Morgan fingerprint density at radius 2 is 0.827 bits per heavy atom. The summed E-state index contributed by atoms with van der Waals surface area (Å²) in [5.74, 6) is 1.65. The van der Waals surface area contributed by atoms with Crippen LogP contribution in [0.2, 0.25) is 0 Å². The maximum atomic E-state index is 6.32. The van der Waals surface area contributed by atoms with Gasteiger partial charge in [-0.05, 0) is 37.1 Å². The van der Waals surface area contributed by atoms with Crippen molar-refractivity contribution in [3.63, 3.8) is 0 Å². The first-order valence-corrected chi connectivity index (χ1v) is 22.7. The lowest BCUT2D eigenvalue weighted by atomic mass is 10.0. The van der Waals surface area contributed by atoms with Crippen LogP contribution in [0.4, 0.5) is 5.69 Å². The van der Waals surface area contributed by atoms with Crippen LogP contribution in [-0.4, -0.2) is 24.4 Å². The van der Waals surface area contributed by atoms with Crippen LogP contribution >= 0.6 is 0 Å². The average molecular weight is 719 g/mol. The summed E-state index contributed by atoms with van der Waals surface area (Å²) in [7, 11) is 0. The number of hydrogen-bond acceptors (Lipinski definition) is 4. The smallest absolute Gasteiger partial charge is 0.163 e. The molecule has 1 aromatic carbocycles. The van der Waals surface area contributed by atoms with E-state index in [0.717, 1.165) is 48.9 Å². The molecule has 0 aliphatic heterocycles. The molecule has 0 atom stereocenters. The fourth-order valence-electron chi connectivity index (χ4n) is 7.07. The van der Waals surface area contributed by atoms with Gasteiger partial charge in [0.1, 0.15) is 0 Å². The van der Waals surface area contributed by atoms with Crippen LogP contribution < -0.4 is 9.47 Å². The van der Waals surface area contributed by atoms with Gasteiger partial charge in [-0.25, -0.2) is 0 Å². The van der Waals surface area contributed by atoms with E-state index in [0.29, 0.717) is 0 Å². The first kappa shape index (κ1) is 45.8. The Morgan fingerprint density at radius 1 is 0.442 bits per heavy atom. The minimum absolute atomic E-state index is 0.723. The molecule has 4 nitrogen and oxygen atoms in total. The minimum atomic E-state index is 0.723. The van der Waals surface area contributed by atoms with Gasteiger partial charge in [-0.3, -0.25) is 9.98 Å². The van der Waals surface area contributed by atoms with E-state index < -0.39 is 0 Å². The molecule has 0 aliphatic carbocycles. The molecule has 0 unspecified atom stereocenters. The summed E-state index contributed by atoms with van der Waals surface area (Å²) in [4.78, 5) is 9.03. The standard InChI is InChI=1S/C48H82N2O2/c1-3-5-7-9-11-13-15-17-19-21-23-25-27-29-31-35-41-51-47-39-38-45(50-44-46-37-33-34-40-49-46)43-48(47)52-42-36-32-30-28-26-24-22-20-18-16-14-12-10-8-6-4-2/h33-34,37-40,43-44H,3-32,35-36,41-42H2,1-2H3. The lowest BCUT2D eigenvalue weighted by molar-refractivity contribution is 0.258. The Kier molecular flexibility index (Phi) is 31.4. The molecule has 2 rings (SSSR count). The maximum absolute atomic E-state index is 6.32. The number of hydrogen-bond donors (Lipinski definition) is 0. The van der Waals surface area contributed by atoms with Crippen molar-refractivity contribution in [2.24, 2.45) is 4.99 Å². The Balaban J connectivity index is 1.56. The number of nitrogens with zero attached hydrogens (tertiary/aromatic N) is 2. The molecule has 52 heavy (non-hydrogen) atoms. The van der Waals surface area contributed by atoms with Crippen LogP contribution in [0.3, 0.4) is 0 Å². The largest absolute Gasteiger partial charge is 0.490 e. The Labute approximate surface area is 322 Å².